The van der Waals surface area contributed by atoms with Gasteiger partial charge in [0.25, 0.3) is 5.91 Å². The third kappa shape index (κ3) is 3.60. The Balaban J connectivity index is 1.70. The van der Waals surface area contributed by atoms with Gasteiger partial charge in [0.2, 0.25) is 5.91 Å². The number of anilines is 1. The summed E-state index contributed by atoms with van der Waals surface area (Å²) in [5.41, 5.74) is 0.960. The van der Waals surface area contributed by atoms with Crippen LogP contribution in [0.4, 0.5) is 5.00 Å². The first kappa shape index (κ1) is 16.5. The first-order valence-electron chi connectivity index (χ1n) is 8.66. The van der Waals surface area contributed by atoms with Crippen LogP contribution in [0.1, 0.15) is 60.7 Å². The van der Waals surface area contributed by atoms with E-state index in [2.05, 4.69) is 12.2 Å². The molecular formula is C18H26N2O2S. The van der Waals surface area contributed by atoms with Gasteiger partial charge in [0.05, 0.1) is 9.88 Å². The van der Waals surface area contributed by atoms with Crippen LogP contribution in [0.15, 0.2) is 6.07 Å². The lowest BCUT2D eigenvalue weighted by Crippen LogP contribution is -2.42. The lowest BCUT2D eigenvalue weighted by molar-refractivity contribution is -0.117. The summed E-state index contributed by atoms with van der Waals surface area (Å²) in [5.74, 6) is 0.937. The molecule has 126 valence electrons. The van der Waals surface area contributed by atoms with E-state index in [1.54, 1.807) is 0 Å². The predicted molar refractivity (Wildman–Crippen MR) is 93.9 cm³/mol. The molecule has 5 heteroatoms. The lowest BCUT2D eigenvalue weighted by Gasteiger charge is -2.36. The Morgan fingerprint density at radius 1 is 1.22 bits per heavy atom. The first-order chi connectivity index (χ1) is 11.0. The van der Waals surface area contributed by atoms with E-state index < -0.39 is 0 Å². The summed E-state index contributed by atoms with van der Waals surface area (Å²) < 4.78 is 0. The number of rotatable bonds is 4. The Bertz CT molecular complexity index is 606. The van der Waals surface area contributed by atoms with Gasteiger partial charge in [0.1, 0.15) is 0 Å². The number of amides is 2. The number of nitrogens with one attached hydrogen (secondary N) is 1. The van der Waals surface area contributed by atoms with Gasteiger partial charge in [-0.05, 0) is 50.2 Å². The van der Waals surface area contributed by atoms with Gasteiger partial charge in [-0.15, -0.1) is 11.3 Å². The fraction of sp³-hybridized carbons (Fsp3) is 0.667. The standard InChI is InChI=1S/C18H26N2O2S/c1-11-6-4-5-7-14(11)20(3)18(22)16-12(2)10-15(23-16)19-17(21)13-8-9-13/h10-11,13-14H,4-9H2,1-3H3,(H,19,21). The number of carbonyl (C=O) groups is 2. The number of aryl methyl sites for hydroxylation is 1. The van der Waals surface area contributed by atoms with Crippen LogP contribution in [0.5, 0.6) is 0 Å². The van der Waals surface area contributed by atoms with Gasteiger partial charge in [-0.25, -0.2) is 0 Å². The molecule has 0 bridgehead atoms. The molecule has 1 aromatic heterocycles. The second-order valence-corrected chi connectivity index (χ2v) is 8.18. The largest absolute Gasteiger partial charge is 0.338 e. The molecular weight excluding hydrogens is 308 g/mol. The van der Waals surface area contributed by atoms with Crippen LogP contribution in [0.25, 0.3) is 0 Å². The van der Waals surface area contributed by atoms with E-state index in [9.17, 15) is 9.59 Å². The normalized spacial score (nSPS) is 24.3. The number of carbonyl (C=O) groups excluding carboxylic acids is 2. The summed E-state index contributed by atoms with van der Waals surface area (Å²) in [5, 5.41) is 3.75. The molecule has 2 unspecified atom stereocenters. The van der Waals surface area contributed by atoms with Crippen molar-refractivity contribution in [2.45, 2.75) is 58.4 Å². The number of nitrogens with zero attached hydrogens (tertiary/aromatic N) is 1. The highest BCUT2D eigenvalue weighted by Gasteiger charge is 2.32. The topological polar surface area (TPSA) is 49.4 Å². The fourth-order valence-corrected chi connectivity index (χ4v) is 4.57. The summed E-state index contributed by atoms with van der Waals surface area (Å²) >= 11 is 1.41. The maximum Gasteiger partial charge on any atom is 0.264 e. The van der Waals surface area contributed by atoms with Gasteiger partial charge in [0.15, 0.2) is 0 Å². The monoisotopic (exact) mass is 334 g/mol. The summed E-state index contributed by atoms with van der Waals surface area (Å²) in [7, 11) is 1.93. The quantitative estimate of drug-likeness (QED) is 0.903. The maximum absolute atomic E-state index is 12.9. The zero-order valence-electron chi connectivity index (χ0n) is 14.2. The highest BCUT2D eigenvalue weighted by molar-refractivity contribution is 7.18. The van der Waals surface area contributed by atoms with E-state index in [4.69, 9.17) is 0 Å². The van der Waals surface area contributed by atoms with E-state index in [1.165, 1.54) is 30.6 Å². The molecule has 2 fully saturated rings. The molecule has 0 saturated heterocycles. The summed E-state index contributed by atoms with van der Waals surface area (Å²) in [6, 6.07) is 2.26. The average molecular weight is 334 g/mol. The second-order valence-electron chi connectivity index (χ2n) is 7.13. The van der Waals surface area contributed by atoms with Gasteiger partial charge in [-0.1, -0.05) is 19.8 Å². The number of hydrogen-bond donors (Lipinski definition) is 1. The van der Waals surface area contributed by atoms with Crippen LogP contribution in [-0.4, -0.2) is 29.8 Å². The molecule has 0 aromatic carbocycles. The van der Waals surface area contributed by atoms with Crippen molar-refractivity contribution in [2.75, 3.05) is 12.4 Å². The molecule has 1 N–H and O–H groups in total. The molecule has 0 aliphatic heterocycles. The molecule has 2 atom stereocenters. The minimum atomic E-state index is 0.0955. The molecule has 0 spiro atoms. The highest BCUT2D eigenvalue weighted by Crippen LogP contribution is 2.34. The van der Waals surface area contributed by atoms with Crippen molar-refractivity contribution in [3.63, 3.8) is 0 Å². The van der Waals surface area contributed by atoms with E-state index >= 15 is 0 Å². The summed E-state index contributed by atoms with van der Waals surface area (Å²) in [6.45, 7) is 4.20. The third-order valence-electron chi connectivity index (χ3n) is 5.19. The second kappa shape index (κ2) is 6.63. The molecule has 2 amide bonds. The molecule has 2 saturated carbocycles. The van der Waals surface area contributed by atoms with E-state index in [0.717, 1.165) is 34.7 Å². The van der Waals surface area contributed by atoms with Crippen LogP contribution in [-0.2, 0) is 4.79 Å². The molecule has 3 rings (SSSR count). The number of thiophene rings is 1. The summed E-state index contributed by atoms with van der Waals surface area (Å²) in [6.07, 6.45) is 6.76. The van der Waals surface area contributed by atoms with Crippen LogP contribution in [0.3, 0.4) is 0 Å². The number of hydrogen-bond acceptors (Lipinski definition) is 3. The summed E-state index contributed by atoms with van der Waals surface area (Å²) in [4.78, 5) is 27.5. The van der Waals surface area contributed by atoms with Gasteiger partial charge in [-0.3, -0.25) is 9.59 Å². The zero-order chi connectivity index (χ0) is 16.6. The Morgan fingerprint density at radius 2 is 1.91 bits per heavy atom. The van der Waals surface area contributed by atoms with Gasteiger partial charge in [0, 0.05) is 19.0 Å². The van der Waals surface area contributed by atoms with Crippen LogP contribution in [0, 0.1) is 18.8 Å². The maximum atomic E-state index is 12.9. The van der Waals surface area contributed by atoms with Crippen molar-refractivity contribution in [3.8, 4) is 0 Å². The van der Waals surface area contributed by atoms with Crippen molar-refractivity contribution < 1.29 is 9.59 Å². The molecule has 23 heavy (non-hydrogen) atoms. The fourth-order valence-electron chi connectivity index (χ4n) is 3.51. The minimum Gasteiger partial charge on any atom is -0.338 e. The van der Waals surface area contributed by atoms with Crippen molar-refractivity contribution in [2.24, 2.45) is 11.8 Å². The molecule has 2 aliphatic carbocycles. The minimum absolute atomic E-state index is 0.0955. The van der Waals surface area contributed by atoms with E-state index in [0.29, 0.717) is 12.0 Å². The Labute approximate surface area is 142 Å². The van der Waals surface area contributed by atoms with E-state index in [1.807, 2.05) is 24.9 Å². The lowest BCUT2D eigenvalue weighted by atomic mass is 9.85. The highest BCUT2D eigenvalue weighted by atomic mass is 32.1. The average Bonchev–Trinajstić information content (AvgIpc) is 3.31. The van der Waals surface area contributed by atoms with E-state index in [-0.39, 0.29) is 17.7 Å². The molecule has 0 radical (unpaired) electrons. The van der Waals surface area contributed by atoms with Crippen LogP contribution >= 0.6 is 11.3 Å². The zero-order valence-corrected chi connectivity index (χ0v) is 15.0. The van der Waals surface area contributed by atoms with Crippen molar-refractivity contribution >= 4 is 28.2 Å². The van der Waals surface area contributed by atoms with Gasteiger partial charge in [-0.2, -0.15) is 0 Å². The Morgan fingerprint density at radius 3 is 2.57 bits per heavy atom. The first-order valence-corrected chi connectivity index (χ1v) is 9.47. The molecule has 2 aliphatic rings. The third-order valence-corrected chi connectivity index (χ3v) is 6.33. The van der Waals surface area contributed by atoms with Gasteiger partial charge >= 0.3 is 0 Å². The molecule has 1 heterocycles. The van der Waals surface area contributed by atoms with Crippen molar-refractivity contribution in [3.05, 3.63) is 16.5 Å². The van der Waals surface area contributed by atoms with Gasteiger partial charge < -0.3 is 10.2 Å². The Kier molecular flexibility index (Phi) is 4.76. The molecule has 1 aromatic rings. The smallest absolute Gasteiger partial charge is 0.264 e. The Hall–Kier alpha value is -1.36. The van der Waals surface area contributed by atoms with Crippen LogP contribution < -0.4 is 5.32 Å². The van der Waals surface area contributed by atoms with Crippen molar-refractivity contribution in [1.82, 2.24) is 4.90 Å². The predicted octanol–water partition coefficient (Wildman–Crippen LogP) is 4.06. The molecule has 4 nitrogen and oxygen atoms in total. The van der Waals surface area contributed by atoms with Crippen LogP contribution in [0.2, 0.25) is 0 Å². The SMILES string of the molecule is Cc1cc(NC(=O)C2CC2)sc1C(=O)N(C)C1CCCCC1C. The van der Waals surface area contributed by atoms with Crippen molar-refractivity contribution in [1.29, 1.82) is 0 Å².